The molecule has 0 atom stereocenters. The van der Waals surface area contributed by atoms with Gasteiger partial charge < -0.3 is 4.90 Å². The van der Waals surface area contributed by atoms with Crippen molar-refractivity contribution in [2.45, 2.75) is 44.0 Å². The Balaban J connectivity index is 1.99. The SMILES string of the molecule is CC(C)N(C(=O)c1ccc(Cl)c(S(=O)(=O)N2CCCCC2)c1)c1ccccc1. The Bertz CT molecular complexity index is 939. The maximum absolute atomic E-state index is 13.2. The van der Waals surface area contributed by atoms with Crippen molar-refractivity contribution in [2.24, 2.45) is 0 Å². The number of carbonyl (C=O) groups is 1. The van der Waals surface area contributed by atoms with Crippen LogP contribution in [-0.2, 0) is 10.0 Å². The molecule has 1 fully saturated rings. The van der Waals surface area contributed by atoms with Gasteiger partial charge in [-0.1, -0.05) is 36.2 Å². The standard InChI is InChI=1S/C21H25ClN2O3S/c1-16(2)24(18-9-5-3-6-10-18)21(25)17-11-12-19(22)20(15-17)28(26,27)23-13-7-4-8-14-23/h3,5-6,9-12,15-16H,4,7-8,13-14H2,1-2H3. The van der Waals surface area contributed by atoms with Gasteiger partial charge in [-0.15, -0.1) is 0 Å². The van der Waals surface area contributed by atoms with E-state index in [0.717, 1.165) is 24.9 Å². The molecule has 0 bridgehead atoms. The van der Waals surface area contributed by atoms with Crippen molar-refractivity contribution in [2.75, 3.05) is 18.0 Å². The van der Waals surface area contributed by atoms with Crippen LogP contribution < -0.4 is 4.90 Å². The summed E-state index contributed by atoms with van der Waals surface area (Å²) in [5, 5.41) is 0.137. The van der Waals surface area contributed by atoms with Gasteiger partial charge in [0, 0.05) is 30.4 Å². The second-order valence-corrected chi connectivity index (χ2v) is 9.53. The smallest absolute Gasteiger partial charge is 0.258 e. The van der Waals surface area contributed by atoms with Crippen molar-refractivity contribution in [3.63, 3.8) is 0 Å². The number of halogens is 1. The molecule has 0 aromatic heterocycles. The Morgan fingerprint density at radius 1 is 1.04 bits per heavy atom. The molecule has 0 radical (unpaired) electrons. The van der Waals surface area contributed by atoms with E-state index in [1.54, 1.807) is 11.0 Å². The Kier molecular flexibility index (Phi) is 6.43. The minimum absolute atomic E-state index is 0.00122. The lowest BCUT2D eigenvalue weighted by molar-refractivity contribution is 0.0980. The van der Waals surface area contributed by atoms with Crippen molar-refractivity contribution in [1.29, 1.82) is 0 Å². The van der Waals surface area contributed by atoms with Gasteiger partial charge in [0.2, 0.25) is 10.0 Å². The average Bonchev–Trinajstić information content (AvgIpc) is 2.69. The molecule has 7 heteroatoms. The monoisotopic (exact) mass is 420 g/mol. The Hall–Kier alpha value is -1.89. The number of piperidine rings is 1. The van der Waals surface area contributed by atoms with Gasteiger partial charge >= 0.3 is 0 Å². The molecule has 0 saturated carbocycles. The molecule has 5 nitrogen and oxygen atoms in total. The molecule has 1 amide bonds. The maximum atomic E-state index is 13.2. The Morgan fingerprint density at radius 2 is 1.68 bits per heavy atom. The second-order valence-electron chi connectivity index (χ2n) is 7.21. The largest absolute Gasteiger partial charge is 0.306 e. The fraction of sp³-hybridized carbons (Fsp3) is 0.381. The summed E-state index contributed by atoms with van der Waals surface area (Å²) in [7, 11) is -3.73. The quantitative estimate of drug-likeness (QED) is 0.711. The van der Waals surface area contributed by atoms with Gasteiger partial charge in [0.15, 0.2) is 0 Å². The van der Waals surface area contributed by atoms with E-state index < -0.39 is 10.0 Å². The van der Waals surface area contributed by atoms with Gasteiger partial charge in [0.05, 0.1) is 5.02 Å². The number of rotatable bonds is 5. The number of para-hydroxylation sites is 1. The van der Waals surface area contributed by atoms with E-state index >= 15 is 0 Å². The summed E-state index contributed by atoms with van der Waals surface area (Å²) >= 11 is 6.23. The van der Waals surface area contributed by atoms with Gasteiger partial charge in [-0.2, -0.15) is 4.31 Å². The predicted molar refractivity (Wildman–Crippen MR) is 112 cm³/mol. The summed E-state index contributed by atoms with van der Waals surface area (Å²) in [6.45, 7) is 4.82. The fourth-order valence-electron chi connectivity index (χ4n) is 3.46. The van der Waals surface area contributed by atoms with Crippen LogP contribution in [0.2, 0.25) is 5.02 Å². The summed E-state index contributed by atoms with van der Waals surface area (Å²) in [6.07, 6.45) is 2.70. The molecule has 2 aromatic carbocycles. The number of hydrogen-bond donors (Lipinski definition) is 0. The van der Waals surface area contributed by atoms with Gasteiger partial charge in [0.25, 0.3) is 5.91 Å². The van der Waals surface area contributed by atoms with Crippen molar-refractivity contribution < 1.29 is 13.2 Å². The first-order valence-electron chi connectivity index (χ1n) is 9.50. The Morgan fingerprint density at radius 3 is 2.29 bits per heavy atom. The van der Waals surface area contributed by atoms with Crippen molar-refractivity contribution in [3.05, 3.63) is 59.1 Å². The molecule has 1 aliphatic rings. The number of benzene rings is 2. The third-order valence-corrected chi connectivity index (χ3v) is 7.26. The van der Waals surface area contributed by atoms with Gasteiger partial charge in [0.1, 0.15) is 4.90 Å². The number of nitrogens with zero attached hydrogens (tertiary/aromatic N) is 2. The van der Waals surface area contributed by atoms with Crippen molar-refractivity contribution in [3.8, 4) is 0 Å². The van der Waals surface area contributed by atoms with E-state index in [-0.39, 0.29) is 21.9 Å². The molecule has 0 aliphatic carbocycles. The number of sulfonamides is 1. The highest BCUT2D eigenvalue weighted by Gasteiger charge is 2.30. The van der Waals surface area contributed by atoms with Gasteiger partial charge in [-0.3, -0.25) is 4.79 Å². The normalized spacial score (nSPS) is 15.6. The van der Waals surface area contributed by atoms with E-state index in [2.05, 4.69) is 0 Å². The number of carbonyl (C=O) groups excluding carboxylic acids is 1. The highest BCUT2D eigenvalue weighted by Crippen LogP contribution is 2.29. The summed E-state index contributed by atoms with van der Waals surface area (Å²) in [5.74, 6) is -0.257. The van der Waals surface area contributed by atoms with Crippen LogP contribution >= 0.6 is 11.6 Å². The predicted octanol–water partition coefficient (Wildman–Crippen LogP) is 4.57. The summed E-state index contributed by atoms with van der Waals surface area (Å²) < 4.78 is 27.6. The number of anilines is 1. The van der Waals surface area contributed by atoms with E-state index in [1.807, 2.05) is 44.2 Å². The van der Waals surface area contributed by atoms with Crippen LogP contribution in [0.5, 0.6) is 0 Å². The zero-order valence-electron chi connectivity index (χ0n) is 16.1. The summed E-state index contributed by atoms with van der Waals surface area (Å²) in [5.41, 5.74) is 1.07. The second kappa shape index (κ2) is 8.64. The van der Waals surface area contributed by atoms with E-state index in [4.69, 9.17) is 11.6 Å². The van der Waals surface area contributed by atoms with Crippen molar-refractivity contribution >= 4 is 33.2 Å². The number of hydrogen-bond acceptors (Lipinski definition) is 3. The van der Waals surface area contributed by atoms with E-state index in [9.17, 15) is 13.2 Å². The van der Waals surface area contributed by atoms with Gasteiger partial charge in [-0.05, 0) is 57.0 Å². The molecule has 28 heavy (non-hydrogen) atoms. The zero-order valence-corrected chi connectivity index (χ0v) is 17.7. The lowest BCUT2D eigenvalue weighted by atomic mass is 10.1. The van der Waals surface area contributed by atoms with Crippen LogP contribution in [0.25, 0.3) is 0 Å². The average molecular weight is 421 g/mol. The first-order chi connectivity index (χ1) is 13.3. The van der Waals surface area contributed by atoms with Crippen LogP contribution in [0.4, 0.5) is 5.69 Å². The minimum Gasteiger partial charge on any atom is -0.306 e. The molecule has 1 saturated heterocycles. The molecular formula is C21H25ClN2O3S. The van der Waals surface area contributed by atoms with E-state index in [1.165, 1.54) is 16.4 Å². The first-order valence-corrected chi connectivity index (χ1v) is 11.3. The fourth-order valence-corrected chi connectivity index (χ4v) is 5.47. The maximum Gasteiger partial charge on any atom is 0.258 e. The Labute approximate surface area is 172 Å². The third kappa shape index (κ3) is 4.24. The molecule has 0 spiro atoms. The zero-order chi connectivity index (χ0) is 20.3. The first kappa shape index (κ1) is 20.8. The highest BCUT2D eigenvalue weighted by atomic mass is 35.5. The lowest BCUT2D eigenvalue weighted by Gasteiger charge is -2.28. The van der Waals surface area contributed by atoms with Crippen LogP contribution in [0, 0.1) is 0 Å². The van der Waals surface area contributed by atoms with Crippen molar-refractivity contribution in [1.82, 2.24) is 4.31 Å². The molecule has 1 heterocycles. The summed E-state index contributed by atoms with van der Waals surface area (Å²) in [4.78, 5) is 14.9. The van der Waals surface area contributed by atoms with Crippen LogP contribution in [0.3, 0.4) is 0 Å². The highest BCUT2D eigenvalue weighted by molar-refractivity contribution is 7.89. The molecular weight excluding hydrogens is 396 g/mol. The van der Waals surface area contributed by atoms with E-state index in [0.29, 0.717) is 18.7 Å². The van der Waals surface area contributed by atoms with Crippen LogP contribution in [0.1, 0.15) is 43.5 Å². The molecule has 0 N–H and O–H groups in total. The number of amides is 1. The molecule has 1 aliphatic heterocycles. The molecule has 0 unspecified atom stereocenters. The topological polar surface area (TPSA) is 57.7 Å². The minimum atomic E-state index is -3.73. The van der Waals surface area contributed by atoms with Gasteiger partial charge in [-0.25, -0.2) is 8.42 Å². The third-order valence-electron chi connectivity index (χ3n) is 4.88. The van der Waals surface area contributed by atoms with Crippen LogP contribution in [0.15, 0.2) is 53.4 Å². The summed E-state index contributed by atoms with van der Waals surface area (Å²) in [6, 6.07) is 13.7. The van der Waals surface area contributed by atoms with Crippen LogP contribution in [-0.4, -0.2) is 37.8 Å². The molecule has 150 valence electrons. The molecule has 3 rings (SSSR count). The lowest BCUT2D eigenvalue weighted by Crippen LogP contribution is -2.38. The molecule has 2 aromatic rings.